The van der Waals surface area contributed by atoms with Crippen LogP contribution in [0.25, 0.3) is 0 Å². The minimum absolute atomic E-state index is 0.243. The highest BCUT2D eigenvalue weighted by molar-refractivity contribution is 6.30. The number of alkyl halides is 1. The molecule has 94 valence electrons. The van der Waals surface area contributed by atoms with E-state index in [1.165, 1.54) is 18.9 Å². The van der Waals surface area contributed by atoms with Gasteiger partial charge in [0.1, 0.15) is 5.82 Å². The Morgan fingerprint density at radius 3 is 2.71 bits per heavy atom. The summed E-state index contributed by atoms with van der Waals surface area (Å²) in [6, 6.07) is 4.79. The number of halogens is 3. The average molecular weight is 276 g/mol. The third-order valence-electron chi connectivity index (χ3n) is 3.41. The first kappa shape index (κ1) is 13.1. The Morgan fingerprint density at radius 1 is 1.35 bits per heavy atom. The first-order valence-corrected chi connectivity index (χ1v) is 6.77. The molecule has 1 aromatic rings. The monoisotopic (exact) mass is 275 g/mol. The largest absolute Gasteiger partial charge is 0.312 e. The molecule has 1 nitrogen and oxygen atoms in total. The number of nitrogens with one attached hydrogen (secondary N) is 1. The lowest BCUT2D eigenvalue weighted by atomic mass is 10.0. The van der Waals surface area contributed by atoms with Crippen LogP contribution < -0.4 is 5.32 Å². The predicted octanol–water partition coefficient (Wildman–Crippen LogP) is 3.98. The van der Waals surface area contributed by atoms with Crippen LogP contribution in [0.4, 0.5) is 4.39 Å². The Labute approximate surface area is 111 Å². The van der Waals surface area contributed by atoms with E-state index >= 15 is 0 Å². The third kappa shape index (κ3) is 3.57. The Hall–Kier alpha value is -0.310. The van der Waals surface area contributed by atoms with Gasteiger partial charge in [0.05, 0.1) is 0 Å². The van der Waals surface area contributed by atoms with Gasteiger partial charge in [-0.15, -0.1) is 11.6 Å². The highest BCUT2D eigenvalue weighted by atomic mass is 35.5. The molecule has 0 aromatic heterocycles. The lowest BCUT2D eigenvalue weighted by Gasteiger charge is -2.14. The van der Waals surface area contributed by atoms with Gasteiger partial charge >= 0.3 is 0 Å². The van der Waals surface area contributed by atoms with E-state index in [1.807, 2.05) is 0 Å². The normalized spacial score (nSPS) is 17.1. The van der Waals surface area contributed by atoms with Crippen LogP contribution in [-0.2, 0) is 6.54 Å². The van der Waals surface area contributed by atoms with Gasteiger partial charge in [-0.05, 0) is 36.8 Å². The highest BCUT2D eigenvalue weighted by Gasteiger charge is 2.41. The summed E-state index contributed by atoms with van der Waals surface area (Å²) in [5.41, 5.74) is 1.04. The fraction of sp³-hybridized carbons (Fsp3) is 0.538. The van der Waals surface area contributed by atoms with Crippen LogP contribution in [0.3, 0.4) is 0 Å². The quantitative estimate of drug-likeness (QED) is 0.775. The summed E-state index contributed by atoms with van der Waals surface area (Å²) in [6.45, 7) is 1.47. The molecule has 1 aliphatic carbocycles. The van der Waals surface area contributed by atoms with Gasteiger partial charge in [-0.1, -0.05) is 17.7 Å². The van der Waals surface area contributed by atoms with Crippen LogP contribution in [0.1, 0.15) is 24.8 Å². The summed E-state index contributed by atoms with van der Waals surface area (Å²) in [4.78, 5) is 0. The Morgan fingerprint density at radius 2 is 2.12 bits per heavy atom. The molecule has 0 spiro atoms. The van der Waals surface area contributed by atoms with E-state index in [0.717, 1.165) is 13.0 Å². The molecule has 2 rings (SSSR count). The standard InChI is InChI=1S/C13H16Cl2FN/c14-6-5-13(3-4-13)9-17-8-10-1-2-11(15)7-12(10)16/h1-2,7,17H,3-6,8-9H2. The second-order valence-electron chi connectivity index (χ2n) is 4.78. The van der Waals surface area contributed by atoms with Gasteiger partial charge in [0.15, 0.2) is 0 Å². The molecule has 1 N–H and O–H groups in total. The van der Waals surface area contributed by atoms with Crippen molar-refractivity contribution in [2.45, 2.75) is 25.8 Å². The first-order chi connectivity index (χ1) is 8.15. The molecule has 0 saturated heterocycles. The van der Waals surface area contributed by atoms with Crippen molar-refractivity contribution in [2.24, 2.45) is 5.41 Å². The second-order valence-corrected chi connectivity index (χ2v) is 5.59. The lowest BCUT2D eigenvalue weighted by Crippen LogP contribution is -2.24. The molecule has 1 fully saturated rings. The van der Waals surface area contributed by atoms with E-state index in [9.17, 15) is 4.39 Å². The number of benzene rings is 1. The van der Waals surface area contributed by atoms with E-state index in [0.29, 0.717) is 28.4 Å². The smallest absolute Gasteiger partial charge is 0.129 e. The van der Waals surface area contributed by atoms with Crippen LogP contribution in [0.2, 0.25) is 5.02 Å². The van der Waals surface area contributed by atoms with Crippen molar-refractivity contribution < 1.29 is 4.39 Å². The van der Waals surface area contributed by atoms with Gasteiger partial charge in [0.2, 0.25) is 0 Å². The number of rotatable bonds is 6. The molecule has 1 saturated carbocycles. The minimum Gasteiger partial charge on any atom is -0.312 e. The first-order valence-electron chi connectivity index (χ1n) is 5.86. The molecular formula is C13H16Cl2FN. The predicted molar refractivity (Wildman–Crippen MR) is 70.1 cm³/mol. The fourth-order valence-electron chi connectivity index (χ4n) is 2.02. The van der Waals surface area contributed by atoms with E-state index in [1.54, 1.807) is 12.1 Å². The average Bonchev–Trinajstić information content (AvgIpc) is 3.02. The summed E-state index contributed by atoms with van der Waals surface area (Å²) in [6.07, 6.45) is 3.51. The van der Waals surface area contributed by atoms with Crippen molar-refractivity contribution in [1.29, 1.82) is 0 Å². The Bertz CT molecular complexity index is 391. The minimum atomic E-state index is -0.243. The van der Waals surface area contributed by atoms with Crippen molar-refractivity contribution in [1.82, 2.24) is 5.32 Å². The highest BCUT2D eigenvalue weighted by Crippen LogP contribution is 2.48. The number of hydrogen-bond acceptors (Lipinski definition) is 1. The zero-order chi connectivity index (χ0) is 12.3. The molecule has 4 heteroatoms. The summed E-state index contributed by atoms with van der Waals surface area (Å²) in [5, 5.41) is 3.74. The summed E-state index contributed by atoms with van der Waals surface area (Å²) < 4.78 is 13.5. The Balaban J connectivity index is 1.82. The van der Waals surface area contributed by atoms with E-state index < -0.39 is 0 Å². The van der Waals surface area contributed by atoms with Crippen LogP contribution in [0.5, 0.6) is 0 Å². The summed E-state index contributed by atoms with van der Waals surface area (Å²) >= 11 is 11.5. The maximum Gasteiger partial charge on any atom is 0.129 e. The van der Waals surface area contributed by atoms with Crippen molar-refractivity contribution in [3.05, 3.63) is 34.6 Å². The topological polar surface area (TPSA) is 12.0 Å². The van der Waals surface area contributed by atoms with Crippen LogP contribution in [-0.4, -0.2) is 12.4 Å². The fourth-order valence-corrected chi connectivity index (χ4v) is 2.58. The van der Waals surface area contributed by atoms with E-state index in [-0.39, 0.29) is 5.82 Å². The van der Waals surface area contributed by atoms with Gasteiger partial charge in [0.25, 0.3) is 0 Å². The molecule has 17 heavy (non-hydrogen) atoms. The van der Waals surface area contributed by atoms with Gasteiger partial charge in [-0.2, -0.15) is 0 Å². The van der Waals surface area contributed by atoms with Crippen molar-refractivity contribution in [3.63, 3.8) is 0 Å². The summed E-state index contributed by atoms with van der Waals surface area (Å²) in [7, 11) is 0. The molecule has 0 unspecified atom stereocenters. The molecule has 0 bridgehead atoms. The van der Waals surface area contributed by atoms with Crippen molar-refractivity contribution >= 4 is 23.2 Å². The molecular weight excluding hydrogens is 260 g/mol. The van der Waals surface area contributed by atoms with E-state index in [2.05, 4.69) is 5.32 Å². The van der Waals surface area contributed by atoms with Crippen molar-refractivity contribution in [2.75, 3.05) is 12.4 Å². The molecule has 1 aromatic carbocycles. The molecule has 0 heterocycles. The molecule has 0 atom stereocenters. The molecule has 0 amide bonds. The second kappa shape index (κ2) is 5.55. The number of hydrogen-bond donors (Lipinski definition) is 1. The third-order valence-corrected chi connectivity index (χ3v) is 3.84. The molecule has 1 aliphatic rings. The molecule has 0 aliphatic heterocycles. The van der Waals surface area contributed by atoms with Gasteiger partial charge < -0.3 is 5.32 Å². The van der Waals surface area contributed by atoms with Gasteiger partial charge in [-0.3, -0.25) is 0 Å². The Kier molecular flexibility index (Phi) is 4.29. The van der Waals surface area contributed by atoms with E-state index in [4.69, 9.17) is 23.2 Å². The van der Waals surface area contributed by atoms with Crippen LogP contribution >= 0.6 is 23.2 Å². The molecule has 0 radical (unpaired) electrons. The van der Waals surface area contributed by atoms with Crippen molar-refractivity contribution in [3.8, 4) is 0 Å². The maximum absolute atomic E-state index is 13.5. The summed E-state index contributed by atoms with van der Waals surface area (Å²) in [5.74, 6) is 0.462. The van der Waals surface area contributed by atoms with Crippen LogP contribution in [0.15, 0.2) is 18.2 Å². The SMILES string of the molecule is Fc1cc(Cl)ccc1CNCC1(CCCl)CC1. The van der Waals surface area contributed by atoms with Crippen LogP contribution in [0, 0.1) is 11.2 Å². The lowest BCUT2D eigenvalue weighted by molar-refractivity contribution is 0.442. The zero-order valence-corrected chi connectivity index (χ0v) is 11.1. The van der Waals surface area contributed by atoms with Gasteiger partial charge in [-0.25, -0.2) is 4.39 Å². The maximum atomic E-state index is 13.5. The zero-order valence-electron chi connectivity index (χ0n) is 9.61. The van der Waals surface area contributed by atoms with Gasteiger partial charge in [0, 0.05) is 29.6 Å².